The van der Waals surface area contributed by atoms with E-state index in [2.05, 4.69) is 16.4 Å². The van der Waals surface area contributed by atoms with Crippen molar-refractivity contribution in [2.45, 2.75) is 52.7 Å². The lowest BCUT2D eigenvalue weighted by molar-refractivity contribution is 0.0240. The molecule has 4 heterocycles. The van der Waals surface area contributed by atoms with Crippen LogP contribution in [0.15, 0.2) is 12.1 Å². The molecule has 0 bridgehead atoms. The summed E-state index contributed by atoms with van der Waals surface area (Å²) in [6.07, 6.45) is -0.236. The Morgan fingerprint density at radius 3 is 2.61 bits per heavy atom. The second-order valence-corrected chi connectivity index (χ2v) is 12.4. The average molecular weight is 581 g/mol. The van der Waals surface area contributed by atoms with Crippen molar-refractivity contribution >= 4 is 44.9 Å². The summed E-state index contributed by atoms with van der Waals surface area (Å²) in [5.41, 5.74) is 8.79. The van der Waals surface area contributed by atoms with Gasteiger partial charge in [-0.15, -0.1) is 11.3 Å². The number of nitrogens with two attached hydrogens (primary N) is 1. The van der Waals surface area contributed by atoms with Crippen LogP contribution in [0.25, 0.3) is 10.2 Å². The maximum atomic E-state index is 15.5. The number of nitriles is 1. The largest absolute Gasteiger partial charge is 0.490 e. The third-order valence-corrected chi connectivity index (χ3v) is 8.24. The van der Waals surface area contributed by atoms with Crippen LogP contribution in [0.4, 0.5) is 20.6 Å². The van der Waals surface area contributed by atoms with Crippen molar-refractivity contribution in [2.75, 3.05) is 43.4 Å². The molecule has 2 aromatic heterocycles. The summed E-state index contributed by atoms with van der Waals surface area (Å²) in [7, 11) is 0. The van der Waals surface area contributed by atoms with Crippen molar-refractivity contribution in [2.24, 2.45) is 0 Å². The predicted octanol–water partition coefficient (Wildman–Crippen LogP) is 4.30. The quantitative estimate of drug-likeness (QED) is 0.469. The minimum atomic E-state index is -0.599. The second-order valence-electron chi connectivity index (χ2n) is 11.4. The maximum Gasteiger partial charge on any atom is 0.410 e. The third-order valence-electron chi connectivity index (χ3n) is 7.14. The monoisotopic (exact) mass is 580 g/mol. The molecule has 5 rings (SSSR count). The standard InChI is InChI=1S/C29H33FN6O4S/c1-15-10-16(2)33-27-22(15)23(32)25(41-27)26(37)34-17-11-18-20(30)12-21(19(13-31)24(18)39-14-17)35-6-8-36(9-7-35)28(38)40-29(3,4)5/h10,12,17H,6-9,11,14,32H2,1-5H3,(H,34,37). The van der Waals surface area contributed by atoms with E-state index < -0.39 is 23.6 Å². The van der Waals surface area contributed by atoms with E-state index in [4.69, 9.17) is 15.2 Å². The van der Waals surface area contributed by atoms with E-state index >= 15 is 4.39 Å². The predicted molar refractivity (Wildman–Crippen MR) is 155 cm³/mol. The number of benzene rings is 1. The van der Waals surface area contributed by atoms with Crippen LogP contribution >= 0.6 is 11.3 Å². The van der Waals surface area contributed by atoms with Crippen molar-refractivity contribution in [1.29, 1.82) is 5.26 Å². The highest BCUT2D eigenvalue weighted by Crippen LogP contribution is 2.39. The van der Waals surface area contributed by atoms with E-state index in [9.17, 15) is 14.9 Å². The first kappa shape index (κ1) is 28.4. The molecule has 0 saturated carbocycles. The molecule has 3 aromatic rings. The molecule has 0 radical (unpaired) electrons. The number of rotatable bonds is 3. The smallest absolute Gasteiger partial charge is 0.410 e. The average Bonchev–Trinajstić information content (AvgIpc) is 3.24. The number of piperazine rings is 1. The number of thiophene rings is 1. The van der Waals surface area contributed by atoms with E-state index in [0.29, 0.717) is 47.3 Å². The van der Waals surface area contributed by atoms with Gasteiger partial charge in [0, 0.05) is 49.2 Å². The van der Waals surface area contributed by atoms with Crippen LogP contribution < -0.4 is 20.7 Å². The zero-order chi connectivity index (χ0) is 29.6. The van der Waals surface area contributed by atoms with E-state index in [1.807, 2.05) is 45.6 Å². The SMILES string of the molecule is Cc1cc(C)c2c(N)c(C(=O)NC3COc4c(C#N)c(N5CCN(C(=O)OC(C)(C)C)CC5)cc(F)c4C3)sc2n1. The van der Waals surface area contributed by atoms with Crippen LogP contribution in [-0.2, 0) is 11.2 Å². The van der Waals surface area contributed by atoms with Gasteiger partial charge in [0.2, 0.25) is 0 Å². The lowest BCUT2D eigenvalue weighted by Gasteiger charge is -2.37. The zero-order valence-electron chi connectivity index (χ0n) is 23.8. The van der Waals surface area contributed by atoms with Crippen LogP contribution in [0.3, 0.4) is 0 Å². The van der Waals surface area contributed by atoms with Gasteiger partial charge in [0.15, 0.2) is 0 Å². The maximum absolute atomic E-state index is 15.5. The van der Waals surface area contributed by atoms with Gasteiger partial charge in [0.25, 0.3) is 5.91 Å². The number of hydrogen-bond donors (Lipinski definition) is 2. The number of nitrogens with zero attached hydrogens (tertiary/aromatic N) is 4. The van der Waals surface area contributed by atoms with E-state index in [0.717, 1.165) is 16.6 Å². The van der Waals surface area contributed by atoms with Crippen molar-refractivity contribution in [3.8, 4) is 11.8 Å². The van der Waals surface area contributed by atoms with Gasteiger partial charge < -0.3 is 30.3 Å². The molecule has 0 spiro atoms. The molecule has 10 nitrogen and oxygen atoms in total. The van der Waals surface area contributed by atoms with Crippen molar-refractivity contribution in [3.05, 3.63) is 45.2 Å². The fourth-order valence-electron chi connectivity index (χ4n) is 5.29. The zero-order valence-corrected chi connectivity index (χ0v) is 24.6. The number of hydrogen-bond acceptors (Lipinski definition) is 9. The van der Waals surface area contributed by atoms with Crippen LogP contribution in [0.1, 0.15) is 52.8 Å². The summed E-state index contributed by atoms with van der Waals surface area (Å²) in [4.78, 5) is 34.6. The number of anilines is 2. The van der Waals surface area contributed by atoms with Crippen molar-refractivity contribution < 1.29 is 23.5 Å². The van der Waals surface area contributed by atoms with Gasteiger partial charge in [0.05, 0.1) is 17.4 Å². The number of carbonyl (C=O) groups excluding carboxylic acids is 2. The number of nitrogen functional groups attached to an aromatic ring is 1. The minimum absolute atomic E-state index is 0.0733. The number of aryl methyl sites for hydroxylation is 2. The summed E-state index contributed by atoms with van der Waals surface area (Å²) >= 11 is 1.22. The molecule has 1 unspecified atom stereocenters. The second kappa shape index (κ2) is 10.7. The van der Waals surface area contributed by atoms with Crippen molar-refractivity contribution in [1.82, 2.24) is 15.2 Å². The van der Waals surface area contributed by atoms with E-state index in [1.54, 1.807) is 4.90 Å². The summed E-state index contributed by atoms with van der Waals surface area (Å²) in [5.74, 6) is -0.696. The molecule has 2 aliphatic heterocycles. The first-order chi connectivity index (χ1) is 19.4. The van der Waals surface area contributed by atoms with Crippen molar-refractivity contribution in [3.63, 3.8) is 0 Å². The molecule has 2 aliphatic rings. The molecule has 0 aliphatic carbocycles. The molecule has 3 N–H and O–H groups in total. The Morgan fingerprint density at radius 1 is 1.24 bits per heavy atom. The highest BCUT2D eigenvalue weighted by atomic mass is 32.1. The molecule has 1 fully saturated rings. The molecule has 216 valence electrons. The molecule has 2 amide bonds. The Kier molecular flexibility index (Phi) is 7.42. The fourth-order valence-corrected chi connectivity index (χ4v) is 6.41. The summed E-state index contributed by atoms with van der Waals surface area (Å²) < 4.78 is 26.8. The Bertz CT molecular complexity index is 1580. The normalized spacial score (nSPS) is 17.0. The summed E-state index contributed by atoms with van der Waals surface area (Å²) in [6, 6.07) is 4.93. The number of ether oxygens (including phenoxy) is 2. The lowest BCUT2D eigenvalue weighted by Crippen LogP contribution is -2.50. The molecule has 12 heteroatoms. The molecular formula is C29H33FN6O4S. The fraction of sp³-hybridized carbons (Fsp3) is 0.448. The van der Waals surface area contributed by atoms with Gasteiger partial charge in [-0.2, -0.15) is 5.26 Å². The van der Waals surface area contributed by atoms with Gasteiger partial charge in [0.1, 0.15) is 45.1 Å². The summed E-state index contributed by atoms with van der Waals surface area (Å²) in [6.45, 7) is 10.9. The van der Waals surface area contributed by atoms with Gasteiger partial charge in [-0.3, -0.25) is 4.79 Å². The van der Waals surface area contributed by atoms with Gasteiger partial charge >= 0.3 is 6.09 Å². The minimum Gasteiger partial charge on any atom is -0.490 e. The Morgan fingerprint density at radius 2 is 1.95 bits per heavy atom. The molecular weight excluding hydrogens is 547 g/mol. The number of carbonyl (C=O) groups is 2. The van der Waals surface area contributed by atoms with Gasteiger partial charge in [-0.05, 0) is 52.3 Å². The highest BCUT2D eigenvalue weighted by Gasteiger charge is 2.33. The number of halogens is 1. The first-order valence-electron chi connectivity index (χ1n) is 13.4. The highest BCUT2D eigenvalue weighted by molar-refractivity contribution is 7.21. The number of nitrogens with one attached hydrogen (secondary N) is 1. The van der Waals surface area contributed by atoms with Crippen LogP contribution in [0, 0.1) is 31.0 Å². The third kappa shape index (κ3) is 5.59. The topological polar surface area (TPSA) is 134 Å². The van der Waals surface area contributed by atoms with Gasteiger partial charge in [-0.1, -0.05) is 0 Å². The number of amides is 2. The van der Waals surface area contributed by atoms with Gasteiger partial charge in [-0.25, -0.2) is 14.2 Å². The number of aromatic nitrogens is 1. The Labute approximate surface area is 241 Å². The molecule has 1 atom stereocenters. The Balaban J connectivity index is 1.31. The Hall–Kier alpha value is -4.11. The van der Waals surface area contributed by atoms with Crippen LogP contribution in [0.5, 0.6) is 5.75 Å². The van der Waals surface area contributed by atoms with Crippen LogP contribution in [0.2, 0.25) is 0 Å². The van der Waals surface area contributed by atoms with E-state index in [1.165, 1.54) is 17.4 Å². The molecule has 1 aromatic carbocycles. The summed E-state index contributed by atoms with van der Waals surface area (Å²) in [5, 5.41) is 13.7. The molecule has 41 heavy (non-hydrogen) atoms. The first-order valence-corrected chi connectivity index (χ1v) is 14.3. The van der Waals surface area contributed by atoms with E-state index in [-0.39, 0.29) is 35.8 Å². The number of fused-ring (bicyclic) bond motifs is 2. The molecule has 1 saturated heterocycles. The lowest BCUT2D eigenvalue weighted by atomic mass is 9.97. The van der Waals surface area contributed by atoms with Crippen LogP contribution in [-0.4, -0.2) is 66.3 Å². The number of pyridine rings is 1.